The Balaban J connectivity index is 1.75. The van der Waals surface area contributed by atoms with Gasteiger partial charge < -0.3 is 9.64 Å². The van der Waals surface area contributed by atoms with Crippen molar-refractivity contribution in [2.24, 2.45) is 5.41 Å². The normalized spacial score (nSPS) is 25.6. The molecule has 0 aromatic heterocycles. The van der Waals surface area contributed by atoms with Gasteiger partial charge in [-0.2, -0.15) is 0 Å². The van der Waals surface area contributed by atoms with Crippen LogP contribution in [-0.2, 0) is 0 Å². The van der Waals surface area contributed by atoms with E-state index in [2.05, 4.69) is 4.90 Å². The van der Waals surface area contributed by atoms with Crippen LogP contribution in [0.4, 0.5) is 5.69 Å². The van der Waals surface area contributed by atoms with Gasteiger partial charge in [0.25, 0.3) is 5.69 Å². The van der Waals surface area contributed by atoms with Crippen molar-refractivity contribution in [3.8, 4) is 5.75 Å². The summed E-state index contributed by atoms with van der Waals surface area (Å²) in [7, 11) is 1.99. The number of para-hydroxylation sites is 1. The Morgan fingerprint density at radius 3 is 2.64 bits per heavy atom. The second-order valence-electron chi connectivity index (χ2n) is 6.87. The van der Waals surface area contributed by atoms with Gasteiger partial charge >= 0.3 is 0 Å². The number of nitro groups is 1. The van der Waals surface area contributed by atoms with Crippen LogP contribution in [0.1, 0.15) is 21.8 Å². The number of hydrogen-bond donors (Lipinski definition) is 0. The predicted octanol–water partition coefficient (Wildman–Crippen LogP) is 2.89. The molecular weight excluding hydrogens is 320 g/mol. The second-order valence-corrected chi connectivity index (χ2v) is 6.87. The van der Waals surface area contributed by atoms with Crippen molar-refractivity contribution in [3.63, 3.8) is 0 Å². The molecule has 0 radical (unpaired) electrons. The summed E-state index contributed by atoms with van der Waals surface area (Å²) in [6.45, 7) is 1.66. The van der Waals surface area contributed by atoms with E-state index in [0.717, 1.165) is 12.1 Å². The monoisotopic (exact) mass is 338 g/mol. The molecule has 1 saturated heterocycles. The number of likely N-dealkylation sites (N-methyl/N-ethyl adjacent to an activating group) is 1. The minimum Gasteiger partial charge on any atom is -0.492 e. The van der Waals surface area contributed by atoms with Crippen LogP contribution in [-0.4, -0.2) is 42.4 Å². The highest BCUT2D eigenvalue weighted by atomic mass is 16.6. The molecule has 0 aliphatic carbocycles. The smallest absolute Gasteiger partial charge is 0.269 e. The third-order valence-corrected chi connectivity index (χ3v) is 5.29. The van der Waals surface area contributed by atoms with E-state index in [0.29, 0.717) is 24.5 Å². The maximum Gasteiger partial charge on any atom is 0.269 e. The number of nitro benzene ring substituents is 1. The lowest BCUT2D eigenvalue weighted by atomic mass is 9.69. The molecular formula is C19H18N2O4. The van der Waals surface area contributed by atoms with Crippen molar-refractivity contribution in [1.29, 1.82) is 0 Å². The Hall–Kier alpha value is -2.73. The molecule has 2 aromatic rings. The van der Waals surface area contributed by atoms with Crippen LogP contribution in [0.15, 0.2) is 48.5 Å². The molecule has 2 heterocycles. The van der Waals surface area contributed by atoms with E-state index in [1.54, 1.807) is 12.1 Å². The molecule has 1 fully saturated rings. The summed E-state index contributed by atoms with van der Waals surface area (Å²) >= 11 is 0. The van der Waals surface area contributed by atoms with Crippen LogP contribution in [0.25, 0.3) is 0 Å². The number of Topliss-reactive ketones (excluding diaryl/α,β-unsaturated/α-hetero) is 1. The first-order chi connectivity index (χ1) is 12.0. The molecule has 2 aliphatic rings. The Labute approximate surface area is 145 Å². The number of carbonyl (C=O) groups is 1. The van der Waals surface area contributed by atoms with Gasteiger partial charge in [-0.05, 0) is 24.7 Å². The maximum absolute atomic E-state index is 13.3. The number of ketones is 1. The average Bonchev–Trinajstić information content (AvgIpc) is 2.96. The van der Waals surface area contributed by atoms with Crippen LogP contribution in [0.3, 0.4) is 0 Å². The molecule has 0 saturated carbocycles. The lowest BCUT2D eigenvalue weighted by Crippen LogP contribution is -2.46. The lowest BCUT2D eigenvalue weighted by Gasteiger charge is -2.37. The molecule has 0 bridgehead atoms. The SMILES string of the molecule is CN1C[C@H](c2ccc([N+](=O)[O-])cc2)[C@@]2(COc3ccccc3C2=O)C1. The van der Waals surface area contributed by atoms with E-state index in [4.69, 9.17) is 4.74 Å². The van der Waals surface area contributed by atoms with Crippen LogP contribution < -0.4 is 4.74 Å². The highest BCUT2D eigenvalue weighted by Crippen LogP contribution is 2.48. The number of rotatable bonds is 2. The van der Waals surface area contributed by atoms with Gasteiger partial charge in [-0.3, -0.25) is 14.9 Å². The zero-order valence-corrected chi connectivity index (χ0v) is 13.8. The molecule has 2 atom stereocenters. The van der Waals surface area contributed by atoms with Gasteiger partial charge in [0, 0.05) is 31.1 Å². The van der Waals surface area contributed by atoms with Crippen molar-refractivity contribution in [2.45, 2.75) is 5.92 Å². The summed E-state index contributed by atoms with van der Waals surface area (Å²) in [5, 5.41) is 10.9. The first kappa shape index (κ1) is 15.8. The standard InChI is InChI=1S/C19H18N2O4/c1-20-10-16(13-6-8-14(9-7-13)21(23)24)19(11-20)12-25-17-5-3-2-4-15(17)18(19)22/h2-9,16H,10-12H2,1H3/t16-,19+/m1/s1. The fraction of sp³-hybridized carbons (Fsp3) is 0.316. The Kier molecular flexibility index (Phi) is 3.58. The third kappa shape index (κ3) is 2.41. The number of hydrogen-bond acceptors (Lipinski definition) is 5. The number of non-ortho nitro benzene ring substituents is 1. The minimum atomic E-state index is -0.654. The molecule has 2 aromatic carbocycles. The van der Waals surface area contributed by atoms with E-state index in [-0.39, 0.29) is 17.4 Å². The van der Waals surface area contributed by atoms with E-state index in [9.17, 15) is 14.9 Å². The molecule has 1 spiro atoms. The molecule has 6 nitrogen and oxygen atoms in total. The molecule has 2 aliphatic heterocycles. The van der Waals surface area contributed by atoms with Gasteiger partial charge in [0.15, 0.2) is 5.78 Å². The fourth-order valence-corrected chi connectivity index (χ4v) is 4.09. The van der Waals surface area contributed by atoms with Crippen molar-refractivity contribution in [2.75, 3.05) is 26.7 Å². The molecule has 0 unspecified atom stereocenters. The van der Waals surface area contributed by atoms with E-state index < -0.39 is 10.3 Å². The molecule has 0 N–H and O–H groups in total. The Morgan fingerprint density at radius 2 is 1.92 bits per heavy atom. The average molecular weight is 338 g/mol. The Morgan fingerprint density at radius 1 is 1.20 bits per heavy atom. The summed E-state index contributed by atoms with van der Waals surface area (Å²) in [5.74, 6) is 0.677. The topological polar surface area (TPSA) is 72.7 Å². The van der Waals surface area contributed by atoms with Gasteiger partial charge in [0.05, 0.1) is 15.9 Å². The maximum atomic E-state index is 13.3. The molecule has 25 heavy (non-hydrogen) atoms. The van der Waals surface area contributed by atoms with E-state index in [1.807, 2.05) is 31.3 Å². The number of ether oxygens (including phenoxy) is 1. The van der Waals surface area contributed by atoms with Crippen LogP contribution in [0, 0.1) is 15.5 Å². The van der Waals surface area contributed by atoms with Crippen LogP contribution in [0.5, 0.6) is 5.75 Å². The van der Waals surface area contributed by atoms with Crippen molar-refractivity contribution >= 4 is 11.5 Å². The summed E-state index contributed by atoms with van der Waals surface area (Å²) in [6.07, 6.45) is 0. The van der Waals surface area contributed by atoms with Gasteiger partial charge in [-0.15, -0.1) is 0 Å². The highest BCUT2D eigenvalue weighted by molar-refractivity contribution is 6.05. The number of likely N-dealkylation sites (tertiary alicyclic amines) is 1. The number of benzene rings is 2. The number of carbonyl (C=O) groups excluding carboxylic acids is 1. The lowest BCUT2D eigenvalue weighted by molar-refractivity contribution is -0.384. The van der Waals surface area contributed by atoms with Crippen molar-refractivity contribution in [3.05, 3.63) is 69.8 Å². The molecule has 0 amide bonds. The van der Waals surface area contributed by atoms with Crippen LogP contribution >= 0.6 is 0 Å². The first-order valence-electron chi connectivity index (χ1n) is 8.21. The largest absolute Gasteiger partial charge is 0.492 e. The molecule has 128 valence electrons. The highest BCUT2D eigenvalue weighted by Gasteiger charge is 2.54. The summed E-state index contributed by atoms with van der Waals surface area (Å²) in [4.78, 5) is 25.9. The zero-order chi connectivity index (χ0) is 17.6. The van der Waals surface area contributed by atoms with E-state index in [1.165, 1.54) is 12.1 Å². The quantitative estimate of drug-likeness (QED) is 0.622. The molecule has 6 heteroatoms. The van der Waals surface area contributed by atoms with Crippen molar-refractivity contribution < 1.29 is 14.5 Å². The zero-order valence-electron chi connectivity index (χ0n) is 13.8. The summed E-state index contributed by atoms with van der Waals surface area (Å²) in [5.41, 5.74) is 0.960. The second kappa shape index (κ2) is 5.67. The van der Waals surface area contributed by atoms with Crippen LogP contribution in [0.2, 0.25) is 0 Å². The number of nitrogens with zero attached hydrogens (tertiary/aromatic N) is 2. The van der Waals surface area contributed by atoms with Gasteiger partial charge in [0.2, 0.25) is 0 Å². The van der Waals surface area contributed by atoms with Gasteiger partial charge in [-0.25, -0.2) is 0 Å². The summed E-state index contributed by atoms with van der Waals surface area (Å²) < 4.78 is 5.94. The first-order valence-corrected chi connectivity index (χ1v) is 8.21. The summed E-state index contributed by atoms with van der Waals surface area (Å²) in [6, 6.07) is 13.9. The minimum absolute atomic E-state index is 0.0562. The number of fused-ring (bicyclic) bond motifs is 1. The van der Waals surface area contributed by atoms with Crippen molar-refractivity contribution in [1.82, 2.24) is 4.90 Å². The molecule has 4 rings (SSSR count). The predicted molar refractivity (Wildman–Crippen MR) is 92.0 cm³/mol. The fourth-order valence-electron chi connectivity index (χ4n) is 4.09. The Bertz CT molecular complexity index is 849. The van der Waals surface area contributed by atoms with Gasteiger partial charge in [0.1, 0.15) is 12.4 Å². The van der Waals surface area contributed by atoms with Gasteiger partial charge in [-0.1, -0.05) is 24.3 Å². The third-order valence-electron chi connectivity index (χ3n) is 5.29. The van der Waals surface area contributed by atoms with E-state index >= 15 is 0 Å².